The van der Waals surface area contributed by atoms with Crippen LogP contribution in [0.3, 0.4) is 0 Å². The van der Waals surface area contributed by atoms with Gasteiger partial charge in [0.25, 0.3) is 5.89 Å². The molecular formula is C23H20F3N9O2. The molecule has 1 aromatic carbocycles. The summed E-state index contributed by atoms with van der Waals surface area (Å²) < 4.78 is 47.2. The average molecular weight is 511 g/mol. The van der Waals surface area contributed by atoms with Gasteiger partial charge in [-0.1, -0.05) is 29.5 Å². The maximum absolute atomic E-state index is 13.9. The summed E-state index contributed by atoms with van der Waals surface area (Å²) in [5.74, 6) is -0.966. The average Bonchev–Trinajstić information content (AvgIpc) is 3.62. The zero-order valence-electron chi connectivity index (χ0n) is 19.3. The normalized spacial score (nSPS) is 15.5. The number of aromatic nitrogens is 7. The topological polar surface area (TPSA) is 139 Å². The van der Waals surface area contributed by atoms with Gasteiger partial charge in [-0.05, 0) is 24.0 Å². The maximum atomic E-state index is 13.9. The third-order valence-corrected chi connectivity index (χ3v) is 6.47. The van der Waals surface area contributed by atoms with Gasteiger partial charge in [-0.2, -0.15) is 13.2 Å². The van der Waals surface area contributed by atoms with E-state index in [2.05, 4.69) is 40.9 Å². The predicted octanol–water partition coefficient (Wildman–Crippen LogP) is 2.37. The summed E-state index contributed by atoms with van der Waals surface area (Å²) in [6.45, 7) is 0.724. The lowest BCUT2D eigenvalue weighted by Crippen LogP contribution is -2.37. The molecule has 0 saturated heterocycles. The molecule has 0 radical (unpaired) electrons. The highest BCUT2D eigenvalue weighted by Gasteiger charge is 2.38. The van der Waals surface area contributed by atoms with E-state index in [4.69, 9.17) is 4.42 Å². The molecule has 1 amide bonds. The number of carbonyl (C=O) groups excluding carboxylic acids is 1. The van der Waals surface area contributed by atoms with Gasteiger partial charge in [-0.25, -0.2) is 9.97 Å². The lowest BCUT2D eigenvalue weighted by molar-refractivity contribution is -0.140. The second kappa shape index (κ2) is 8.94. The number of hydrogen-bond donors (Lipinski definition) is 2. The van der Waals surface area contributed by atoms with Crippen LogP contribution in [0.4, 0.5) is 19.1 Å². The Labute approximate surface area is 207 Å². The number of rotatable bonds is 5. The van der Waals surface area contributed by atoms with Crippen molar-refractivity contribution < 1.29 is 22.4 Å². The van der Waals surface area contributed by atoms with Crippen LogP contribution < -0.4 is 5.32 Å². The van der Waals surface area contributed by atoms with Crippen molar-refractivity contribution in [1.29, 1.82) is 0 Å². The minimum absolute atomic E-state index is 0.106. The van der Waals surface area contributed by atoms with E-state index in [-0.39, 0.29) is 36.8 Å². The lowest BCUT2D eigenvalue weighted by Gasteiger charge is -2.25. The molecule has 2 aliphatic rings. The smallest absolute Gasteiger partial charge is 0.420 e. The summed E-state index contributed by atoms with van der Waals surface area (Å²) >= 11 is 0. The van der Waals surface area contributed by atoms with Gasteiger partial charge < -0.3 is 14.6 Å². The number of H-pyrrole nitrogens is 1. The Morgan fingerprint density at radius 2 is 1.95 bits per heavy atom. The van der Waals surface area contributed by atoms with Gasteiger partial charge in [0, 0.05) is 25.2 Å². The highest BCUT2D eigenvalue weighted by Crippen LogP contribution is 2.36. The van der Waals surface area contributed by atoms with E-state index in [0.717, 1.165) is 23.0 Å². The number of amides is 1. The van der Waals surface area contributed by atoms with Crippen LogP contribution in [-0.4, -0.2) is 59.0 Å². The molecule has 190 valence electrons. The van der Waals surface area contributed by atoms with Crippen molar-refractivity contribution in [2.75, 3.05) is 11.9 Å². The van der Waals surface area contributed by atoms with Crippen molar-refractivity contribution in [3.05, 3.63) is 64.6 Å². The van der Waals surface area contributed by atoms with Gasteiger partial charge in [0.1, 0.15) is 12.1 Å². The van der Waals surface area contributed by atoms with E-state index in [9.17, 15) is 18.0 Å². The Morgan fingerprint density at radius 3 is 2.70 bits per heavy atom. The second-order valence-electron chi connectivity index (χ2n) is 8.95. The molecule has 0 unspecified atom stereocenters. The highest BCUT2D eigenvalue weighted by atomic mass is 19.4. The lowest BCUT2D eigenvalue weighted by atomic mass is 10.1. The first-order chi connectivity index (χ1) is 17.8. The summed E-state index contributed by atoms with van der Waals surface area (Å²) in [4.78, 5) is 22.1. The highest BCUT2D eigenvalue weighted by molar-refractivity contribution is 5.78. The largest absolute Gasteiger partial charge is 0.434 e. The van der Waals surface area contributed by atoms with Crippen molar-refractivity contribution in [1.82, 2.24) is 40.5 Å². The maximum Gasteiger partial charge on any atom is 0.434 e. The van der Waals surface area contributed by atoms with Crippen LogP contribution in [0.25, 0.3) is 11.5 Å². The van der Waals surface area contributed by atoms with E-state index >= 15 is 0 Å². The third kappa shape index (κ3) is 4.61. The number of halogens is 3. The first kappa shape index (κ1) is 23.1. The number of nitrogens with zero attached hydrogens (tertiary/aromatic N) is 7. The SMILES string of the molecule is O=C(Cc1nnc(-c2cnc(NC3Cc4ccccc4C3)nc2C(F)(F)F)o1)N1CCc2[nH]nnc2C1. The zero-order chi connectivity index (χ0) is 25.6. The molecule has 37 heavy (non-hydrogen) atoms. The monoisotopic (exact) mass is 511 g/mol. The Hall–Kier alpha value is -4.36. The fourth-order valence-corrected chi connectivity index (χ4v) is 4.66. The Bertz CT molecular complexity index is 1440. The number of hydrogen-bond acceptors (Lipinski definition) is 9. The van der Waals surface area contributed by atoms with Gasteiger partial charge in [0.2, 0.25) is 17.7 Å². The molecular weight excluding hydrogens is 491 g/mol. The van der Waals surface area contributed by atoms with E-state index < -0.39 is 23.3 Å². The molecule has 0 bridgehead atoms. The molecule has 0 spiro atoms. The number of benzene rings is 1. The van der Waals surface area contributed by atoms with E-state index in [0.29, 0.717) is 31.5 Å². The summed E-state index contributed by atoms with van der Waals surface area (Å²) in [6, 6.07) is 7.74. The van der Waals surface area contributed by atoms with Crippen molar-refractivity contribution in [2.24, 2.45) is 0 Å². The van der Waals surface area contributed by atoms with Crippen LogP contribution in [0.5, 0.6) is 0 Å². The first-order valence-electron chi connectivity index (χ1n) is 11.6. The molecule has 3 aromatic heterocycles. The van der Waals surface area contributed by atoms with Crippen molar-refractivity contribution in [3.8, 4) is 11.5 Å². The number of alkyl halides is 3. The number of carbonyl (C=O) groups is 1. The number of aromatic amines is 1. The molecule has 4 heterocycles. The summed E-state index contributed by atoms with van der Waals surface area (Å²) in [6.07, 6.45) is -2.14. The van der Waals surface area contributed by atoms with Gasteiger partial charge in [0.15, 0.2) is 5.69 Å². The van der Waals surface area contributed by atoms with Gasteiger partial charge in [-0.15, -0.1) is 15.3 Å². The molecule has 0 saturated carbocycles. The Balaban J connectivity index is 1.18. The molecule has 2 N–H and O–H groups in total. The first-order valence-corrected chi connectivity index (χ1v) is 11.6. The molecule has 11 nitrogen and oxygen atoms in total. The molecule has 1 aliphatic heterocycles. The zero-order valence-corrected chi connectivity index (χ0v) is 19.3. The Morgan fingerprint density at radius 1 is 1.16 bits per heavy atom. The summed E-state index contributed by atoms with van der Waals surface area (Å²) in [7, 11) is 0. The van der Waals surface area contributed by atoms with Gasteiger partial charge in [-0.3, -0.25) is 9.89 Å². The number of fused-ring (bicyclic) bond motifs is 2. The fourth-order valence-electron chi connectivity index (χ4n) is 4.66. The molecule has 0 fully saturated rings. The van der Waals surface area contributed by atoms with Gasteiger partial charge in [0.05, 0.1) is 17.8 Å². The molecule has 6 rings (SSSR count). The molecule has 1 aliphatic carbocycles. The molecule has 14 heteroatoms. The van der Waals surface area contributed by atoms with Crippen molar-refractivity contribution in [3.63, 3.8) is 0 Å². The van der Waals surface area contributed by atoms with Crippen LogP contribution in [0.15, 0.2) is 34.9 Å². The van der Waals surface area contributed by atoms with E-state index in [1.54, 1.807) is 4.90 Å². The van der Waals surface area contributed by atoms with Crippen LogP contribution in [-0.2, 0) is 43.2 Å². The standard InChI is InChI=1S/C23H20F3N9O2/c24-23(25,26)20-15(10-27-22(29-20)28-14-7-12-3-1-2-4-13(12)8-14)21-33-32-18(37-21)9-19(36)35-6-5-16-17(11-35)31-34-30-16/h1-4,10,14H,5-9,11H2,(H,27,28,29)(H,30,31,34). The van der Waals surface area contributed by atoms with Crippen LogP contribution in [0.1, 0.15) is 34.1 Å². The third-order valence-electron chi connectivity index (χ3n) is 6.47. The van der Waals surface area contributed by atoms with Crippen LogP contribution in [0.2, 0.25) is 0 Å². The van der Waals surface area contributed by atoms with E-state index in [1.165, 1.54) is 0 Å². The quantitative estimate of drug-likeness (QED) is 0.413. The second-order valence-corrected chi connectivity index (χ2v) is 8.95. The van der Waals surface area contributed by atoms with Crippen LogP contribution in [0, 0.1) is 0 Å². The minimum Gasteiger partial charge on any atom is -0.420 e. The molecule has 0 atom stereocenters. The number of anilines is 1. The van der Waals surface area contributed by atoms with E-state index in [1.807, 2.05) is 24.3 Å². The summed E-state index contributed by atoms with van der Waals surface area (Å²) in [5.41, 5.74) is 2.19. The van der Waals surface area contributed by atoms with Crippen molar-refractivity contribution >= 4 is 11.9 Å². The Kier molecular flexibility index (Phi) is 5.57. The number of nitrogens with one attached hydrogen (secondary N) is 2. The van der Waals surface area contributed by atoms with Crippen molar-refractivity contribution in [2.45, 2.75) is 44.4 Å². The minimum atomic E-state index is -4.79. The van der Waals surface area contributed by atoms with Crippen LogP contribution >= 0.6 is 0 Å². The van der Waals surface area contributed by atoms with Gasteiger partial charge >= 0.3 is 6.18 Å². The predicted molar refractivity (Wildman–Crippen MR) is 121 cm³/mol. The fraction of sp³-hybridized carbons (Fsp3) is 0.348. The summed E-state index contributed by atoms with van der Waals surface area (Å²) in [5, 5.41) is 21.0. The molecule has 4 aromatic rings.